The molecule has 4 nitrogen and oxygen atoms in total. The maximum atomic E-state index is 11.0. The summed E-state index contributed by atoms with van der Waals surface area (Å²) in [5.74, 6) is 0. The van der Waals surface area contributed by atoms with E-state index >= 15 is 0 Å². The fourth-order valence-corrected chi connectivity index (χ4v) is 3.47. The number of nitrogens with zero attached hydrogens (tertiary/aromatic N) is 2. The van der Waals surface area contributed by atoms with Crippen molar-refractivity contribution in [3.63, 3.8) is 0 Å². The molecule has 3 rings (SSSR count). The van der Waals surface area contributed by atoms with E-state index in [0.29, 0.717) is 5.56 Å². The van der Waals surface area contributed by atoms with Crippen molar-refractivity contribution < 1.29 is 4.92 Å². The lowest BCUT2D eigenvalue weighted by atomic mass is 10.2. The summed E-state index contributed by atoms with van der Waals surface area (Å²) in [6.07, 6.45) is 1.82. The van der Waals surface area contributed by atoms with E-state index in [4.69, 9.17) is 11.8 Å². The van der Waals surface area contributed by atoms with E-state index in [1.165, 1.54) is 11.8 Å². The highest BCUT2D eigenvalue weighted by molar-refractivity contribution is 7.99. The zero-order valence-corrected chi connectivity index (χ0v) is 12.7. The number of rotatable bonds is 3. The Balaban J connectivity index is 2.03. The van der Waals surface area contributed by atoms with Crippen molar-refractivity contribution in [2.45, 2.75) is 16.7 Å². The number of para-hydroxylation sites is 1. The number of benzene rings is 2. The first-order valence-electron chi connectivity index (χ1n) is 6.25. The third-order valence-electron chi connectivity index (χ3n) is 3.24. The van der Waals surface area contributed by atoms with Gasteiger partial charge in [-0.1, -0.05) is 36.0 Å². The highest BCUT2D eigenvalue weighted by Crippen LogP contribution is 2.37. The van der Waals surface area contributed by atoms with Crippen molar-refractivity contribution >= 4 is 40.1 Å². The minimum atomic E-state index is -0.357. The average molecular weight is 319 g/mol. The van der Waals surface area contributed by atoms with Gasteiger partial charge in [-0.3, -0.25) is 14.2 Å². The van der Waals surface area contributed by atoms with Crippen LogP contribution in [0.3, 0.4) is 0 Å². The summed E-state index contributed by atoms with van der Waals surface area (Å²) in [5.41, 5.74) is 1.71. The molecule has 0 amide bonds. The van der Waals surface area contributed by atoms with Gasteiger partial charge in [0.1, 0.15) is 0 Å². The van der Waals surface area contributed by atoms with Gasteiger partial charge in [0.15, 0.2) is 0 Å². The number of nitro benzene ring substituents is 1. The Hall–Kier alpha value is -1.98. The van der Waals surface area contributed by atoms with Crippen LogP contribution in [-0.4, -0.2) is 9.01 Å². The van der Waals surface area contributed by atoms with Crippen LogP contribution in [0.15, 0.2) is 58.5 Å². The van der Waals surface area contributed by atoms with Crippen LogP contribution in [0, 0.1) is 17.0 Å². The Labute approximate surface area is 130 Å². The number of hydrogen-bond acceptors (Lipinski definition) is 3. The summed E-state index contributed by atoms with van der Waals surface area (Å²) in [6.45, 7) is 1.73. The van der Waals surface area contributed by atoms with Crippen molar-refractivity contribution in [2.24, 2.45) is 0 Å². The Morgan fingerprint density at radius 1 is 1.24 bits per heavy atom. The lowest BCUT2D eigenvalue weighted by Gasteiger charge is -2.02. The number of halogens is 1. The number of hydrogen-bond donors (Lipinski definition) is 0. The van der Waals surface area contributed by atoms with Crippen molar-refractivity contribution in [3.05, 3.63) is 64.3 Å². The van der Waals surface area contributed by atoms with Gasteiger partial charge in [-0.15, -0.1) is 0 Å². The van der Waals surface area contributed by atoms with Crippen molar-refractivity contribution in [1.29, 1.82) is 0 Å². The third kappa shape index (κ3) is 2.62. The molecule has 0 bridgehead atoms. The minimum absolute atomic E-state index is 0.134. The molecule has 2 aromatic carbocycles. The topological polar surface area (TPSA) is 48.1 Å². The maximum absolute atomic E-state index is 11.0. The van der Waals surface area contributed by atoms with Crippen LogP contribution >= 0.6 is 23.5 Å². The quantitative estimate of drug-likeness (QED) is 0.503. The first kappa shape index (κ1) is 14.0. The summed E-state index contributed by atoms with van der Waals surface area (Å²) in [6, 6.07) is 13.0. The molecule has 0 fully saturated rings. The Bertz CT molecular complexity index is 845. The fraction of sp³-hybridized carbons (Fsp3) is 0.0667. The first-order valence-corrected chi connectivity index (χ1v) is 7.41. The molecule has 106 valence electrons. The van der Waals surface area contributed by atoms with Gasteiger partial charge in [0.2, 0.25) is 0 Å². The summed E-state index contributed by atoms with van der Waals surface area (Å²) in [4.78, 5) is 12.4. The zero-order chi connectivity index (χ0) is 15.0. The summed E-state index contributed by atoms with van der Waals surface area (Å²) in [7, 11) is 0. The largest absolute Gasteiger partial charge is 0.273 e. The Kier molecular flexibility index (Phi) is 3.61. The van der Waals surface area contributed by atoms with Crippen LogP contribution in [0.25, 0.3) is 10.9 Å². The molecule has 0 N–H and O–H groups in total. The minimum Gasteiger partial charge on any atom is -0.259 e. The molecule has 0 spiro atoms. The second kappa shape index (κ2) is 5.42. The van der Waals surface area contributed by atoms with Crippen LogP contribution in [0.4, 0.5) is 5.69 Å². The van der Waals surface area contributed by atoms with E-state index < -0.39 is 0 Å². The van der Waals surface area contributed by atoms with E-state index in [0.717, 1.165) is 20.7 Å². The molecule has 1 aromatic heterocycles. The number of fused-ring (bicyclic) bond motifs is 1. The van der Waals surface area contributed by atoms with Gasteiger partial charge in [0.25, 0.3) is 5.69 Å². The number of aryl methyl sites for hydroxylation is 1. The van der Waals surface area contributed by atoms with Crippen molar-refractivity contribution in [1.82, 2.24) is 4.09 Å². The van der Waals surface area contributed by atoms with Gasteiger partial charge < -0.3 is 0 Å². The molecule has 21 heavy (non-hydrogen) atoms. The van der Waals surface area contributed by atoms with Crippen LogP contribution < -0.4 is 0 Å². The molecule has 0 unspecified atom stereocenters. The number of aromatic nitrogens is 1. The molecule has 0 aliphatic rings. The molecular formula is C15H11ClN2O2S. The second-order valence-corrected chi connectivity index (χ2v) is 6.11. The molecule has 0 saturated carbocycles. The molecule has 3 aromatic rings. The SMILES string of the molecule is Cc1ccc(Sc2cn(Cl)c3ccccc23)cc1[N+](=O)[O-]. The summed E-state index contributed by atoms with van der Waals surface area (Å²) < 4.78 is 1.54. The highest BCUT2D eigenvalue weighted by atomic mass is 35.5. The normalized spacial score (nSPS) is 11.0. The van der Waals surface area contributed by atoms with Gasteiger partial charge in [0, 0.05) is 44.8 Å². The molecule has 6 heteroatoms. The van der Waals surface area contributed by atoms with Gasteiger partial charge in [0.05, 0.1) is 10.4 Å². The molecule has 0 atom stereocenters. The van der Waals surface area contributed by atoms with Crippen molar-refractivity contribution in [2.75, 3.05) is 0 Å². The Morgan fingerprint density at radius 3 is 2.76 bits per heavy atom. The monoisotopic (exact) mass is 318 g/mol. The van der Waals surface area contributed by atoms with Crippen LogP contribution in [0.1, 0.15) is 5.56 Å². The molecule has 1 heterocycles. The predicted molar refractivity (Wildman–Crippen MR) is 85.1 cm³/mol. The smallest absolute Gasteiger partial charge is 0.259 e. The fourth-order valence-electron chi connectivity index (χ4n) is 2.17. The summed E-state index contributed by atoms with van der Waals surface area (Å²) in [5, 5.41) is 12.0. The maximum Gasteiger partial charge on any atom is 0.273 e. The van der Waals surface area contributed by atoms with E-state index in [2.05, 4.69) is 0 Å². The Morgan fingerprint density at radius 2 is 2.00 bits per heavy atom. The van der Waals surface area contributed by atoms with E-state index in [9.17, 15) is 10.1 Å². The van der Waals surface area contributed by atoms with Crippen LogP contribution in [-0.2, 0) is 0 Å². The standard InChI is InChI=1S/C15H11ClN2O2S/c1-10-6-7-11(8-14(10)18(19)20)21-15-9-17(16)13-5-3-2-4-12(13)15/h2-9H,1H3. The van der Waals surface area contributed by atoms with Crippen LogP contribution in [0.5, 0.6) is 0 Å². The molecule has 0 saturated heterocycles. The molecule has 0 aliphatic carbocycles. The van der Waals surface area contributed by atoms with E-state index in [-0.39, 0.29) is 10.6 Å². The predicted octanol–water partition coefficient (Wildman–Crippen LogP) is 5.01. The van der Waals surface area contributed by atoms with Gasteiger partial charge in [-0.25, -0.2) is 0 Å². The molecule has 0 aliphatic heterocycles. The van der Waals surface area contributed by atoms with Gasteiger partial charge in [-0.2, -0.15) is 0 Å². The first-order chi connectivity index (χ1) is 10.1. The van der Waals surface area contributed by atoms with Gasteiger partial charge in [-0.05, 0) is 19.1 Å². The van der Waals surface area contributed by atoms with Gasteiger partial charge >= 0.3 is 0 Å². The van der Waals surface area contributed by atoms with Crippen LogP contribution in [0.2, 0.25) is 0 Å². The highest BCUT2D eigenvalue weighted by Gasteiger charge is 2.13. The summed E-state index contributed by atoms with van der Waals surface area (Å²) >= 11 is 7.61. The average Bonchev–Trinajstić information content (AvgIpc) is 2.78. The second-order valence-electron chi connectivity index (χ2n) is 4.63. The lowest BCUT2D eigenvalue weighted by molar-refractivity contribution is -0.385. The molecular weight excluding hydrogens is 308 g/mol. The van der Waals surface area contributed by atoms with E-state index in [1.54, 1.807) is 23.1 Å². The third-order valence-corrected chi connectivity index (χ3v) is 4.55. The molecule has 0 radical (unpaired) electrons. The zero-order valence-electron chi connectivity index (χ0n) is 11.1. The van der Waals surface area contributed by atoms with Crippen molar-refractivity contribution in [3.8, 4) is 0 Å². The lowest BCUT2D eigenvalue weighted by Crippen LogP contribution is -1.91. The number of nitro groups is 1. The van der Waals surface area contributed by atoms with E-state index in [1.807, 2.05) is 36.5 Å².